The zero-order valence-electron chi connectivity index (χ0n) is 25.6. The van der Waals surface area contributed by atoms with Crippen molar-refractivity contribution in [1.82, 2.24) is 13.5 Å². The number of nitrogens with zero attached hydrogens (tertiary/aromatic N) is 5. The smallest absolute Gasteiger partial charge is 0.329 e. The van der Waals surface area contributed by atoms with Crippen LogP contribution in [-0.4, -0.2) is 79.8 Å². The van der Waals surface area contributed by atoms with Crippen molar-refractivity contribution >= 4 is 43.7 Å². The van der Waals surface area contributed by atoms with Crippen LogP contribution in [0.15, 0.2) is 105 Å². The second kappa shape index (κ2) is 11.6. The van der Waals surface area contributed by atoms with Crippen LogP contribution in [0.4, 0.5) is 4.79 Å². The summed E-state index contributed by atoms with van der Waals surface area (Å²) < 4.78 is 62.8. The van der Waals surface area contributed by atoms with Crippen LogP contribution in [0.3, 0.4) is 0 Å². The molecule has 2 aliphatic heterocycles. The molecule has 3 amide bonds. The minimum atomic E-state index is -4.86. The zero-order chi connectivity index (χ0) is 33.0. The van der Waals surface area contributed by atoms with Gasteiger partial charge in [-0.25, -0.2) is 14.8 Å². The van der Waals surface area contributed by atoms with Crippen molar-refractivity contribution in [2.75, 3.05) is 20.2 Å². The molecule has 0 N–H and O–H groups in total. The number of rotatable bonds is 11. The molecule has 0 bridgehead atoms. The molecule has 0 spiro atoms. The average Bonchev–Trinajstić information content (AvgIpc) is 4.02. The highest BCUT2D eigenvalue weighted by Crippen LogP contribution is 2.42. The first-order valence-corrected chi connectivity index (χ1v) is 18.3. The van der Waals surface area contributed by atoms with Crippen molar-refractivity contribution in [3.8, 4) is 5.75 Å². The lowest BCUT2D eigenvalue weighted by atomic mass is 9.90. The molecule has 244 valence electrons. The highest BCUT2D eigenvalue weighted by Gasteiger charge is 2.60. The number of carbonyl (C=O) groups is 2. The molecule has 12 nitrogen and oxygen atoms in total. The van der Waals surface area contributed by atoms with Gasteiger partial charge in [-0.15, -0.1) is 3.71 Å². The molecule has 7 rings (SSSR count). The van der Waals surface area contributed by atoms with E-state index in [0.717, 1.165) is 30.6 Å². The summed E-state index contributed by atoms with van der Waals surface area (Å²) in [4.78, 5) is 39.8. The molecule has 14 heteroatoms. The minimum Gasteiger partial charge on any atom is -0.497 e. The van der Waals surface area contributed by atoms with Gasteiger partial charge in [0.2, 0.25) is 0 Å². The highest BCUT2D eigenvalue weighted by atomic mass is 32.3. The molecule has 47 heavy (non-hydrogen) atoms. The van der Waals surface area contributed by atoms with Gasteiger partial charge in [-0.05, 0) is 79.5 Å². The predicted molar refractivity (Wildman–Crippen MR) is 173 cm³/mol. The lowest BCUT2D eigenvalue weighted by molar-refractivity contribution is -0.124. The molecule has 0 radical (unpaired) electrons. The molecule has 2 heterocycles. The third-order valence-corrected chi connectivity index (χ3v) is 12.9. The number of imide groups is 1. The van der Waals surface area contributed by atoms with Gasteiger partial charge in [-0.1, -0.05) is 48.5 Å². The first-order valence-electron chi connectivity index (χ1n) is 15.4. The number of amides is 3. The van der Waals surface area contributed by atoms with E-state index < -0.39 is 43.6 Å². The van der Waals surface area contributed by atoms with Crippen molar-refractivity contribution in [3.05, 3.63) is 90.5 Å². The summed E-state index contributed by atoms with van der Waals surface area (Å²) in [6, 6.07) is 20.6. The molecule has 2 aliphatic carbocycles. The Morgan fingerprint density at radius 3 is 1.83 bits per heavy atom. The van der Waals surface area contributed by atoms with E-state index in [2.05, 4.69) is 4.99 Å². The van der Waals surface area contributed by atoms with E-state index in [1.165, 1.54) is 60.5 Å². The van der Waals surface area contributed by atoms with Crippen LogP contribution >= 0.6 is 0 Å². The fourth-order valence-electron chi connectivity index (χ4n) is 5.92. The summed E-state index contributed by atoms with van der Waals surface area (Å²) in [5, 5.41) is 0. The number of carbonyl (C=O) groups excluding carboxylic acids is 2. The molecular formula is C33H33N5O7S2. The number of guanidine groups is 1. The number of ether oxygens (including phenoxy) is 1. The number of benzene rings is 3. The monoisotopic (exact) mass is 675 g/mol. The molecule has 3 aromatic carbocycles. The summed E-state index contributed by atoms with van der Waals surface area (Å²) in [6.45, 7) is 0.441. The number of aliphatic imine (C=N–C) groups is 2. The zero-order valence-corrected chi connectivity index (χ0v) is 27.2. The molecule has 1 unspecified atom stereocenters. The number of methoxy groups -OCH3 is 1. The Hall–Kier alpha value is -4.56. The van der Waals surface area contributed by atoms with E-state index in [9.17, 15) is 26.4 Å². The Bertz CT molecular complexity index is 1920. The topological polar surface area (TPSA) is 146 Å². The van der Waals surface area contributed by atoms with Crippen LogP contribution in [0.25, 0.3) is 0 Å². The van der Waals surface area contributed by atoms with E-state index in [1.807, 2.05) is 0 Å². The van der Waals surface area contributed by atoms with Crippen LogP contribution in [0.5, 0.6) is 5.75 Å². The van der Waals surface area contributed by atoms with Crippen LogP contribution < -0.4 is 4.74 Å². The van der Waals surface area contributed by atoms with Gasteiger partial charge in [0.15, 0.2) is 11.4 Å². The summed E-state index contributed by atoms with van der Waals surface area (Å²) in [5.41, 5.74) is -1.33. The van der Waals surface area contributed by atoms with E-state index in [0.29, 0.717) is 11.3 Å². The molecular weight excluding hydrogens is 643 g/mol. The Balaban J connectivity index is 1.45. The van der Waals surface area contributed by atoms with E-state index in [-0.39, 0.29) is 50.6 Å². The van der Waals surface area contributed by atoms with Gasteiger partial charge >= 0.3 is 6.03 Å². The van der Waals surface area contributed by atoms with Crippen LogP contribution in [0.1, 0.15) is 31.2 Å². The van der Waals surface area contributed by atoms with E-state index in [1.54, 1.807) is 36.4 Å². The maximum Gasteiger partial charge on any atom is 0.329 e. The van der Waals surface area contributed by atoms with Crippen molar-refractivity contribution in [2.45, 2.75) is 47.6 Å². The second-order valence-corrected chi connectivity index (χ2v) is 16.0. The Labute approximate surface area is 273 Å². The Kier molecular flexibility index (Phi) is 7.66. The van der Waals surface area contributed by atoms with Crippen molar-refractivity contribution in [3.63, 3.8) is 0 Å². The fraction of sp³-hybridized carbons (Fsp3) is 0.333. The van der Waals surface area contributed by atoms with Gasteiger partial charge in [0.25, 0.3) is 31.9 Å². The third kappa shape index (κ3) is 5.58. The second-order valence-electron chi connectivity index (χ2n) is 12.2. The Morgan fingerprint density at radius 2 is 1.32 bits per heavy atom. The maximum absolute atomic E-state index is 14.3. The summed E-state index contributed by atoms with van der Waals surface area (Å²) in [5.74, 6) is -0.520. The number of sulfonamides is 2. The minimum absolute atomic E-state index is 0.0502. The fourth-order valence-corrected chi connectivity index (χ4v) is 9.44. The van der Waals surface area contributed by atoms with Gasteiger partial charge in [0, 0.05) is 19.5 Å². The van der Waals surface area contributed by atoms with Crippen LogP contribution in [0.2, 0.25) is 0 Å². The van der Waals surface area contributed by atoms with E-state index in [4.69, 9.17) is 9.73 Å². The standard InChI is InChI=1S/C33H33N5O7S2/c1-45-26-18-16-23(17-19-26)20-33-29(30(39)36(21-24-12-13-24)32(40)37(33)22-25-14-15-25)34-31(35-33)38(46(41,42)27-8-4-2-5-9-27)47(43,44)28-10-6-3-7-11-28/h2-11,16-19,24-25H,12-15,20-22H2,1H3. The van der Waals surface area contributed by atoms with Crippen molar-refractivity contribution in [2.24, 2.45) is 21.8 Å². The van der Waals surface area contributed by atoms with Gasteiger partial charge < -0.3 is 4.74 Å². The molecule has 0 aromatic heterocycles. The number of urea groups is 1. The predicted octanol–water partition coefficient (Wildman–Crippen LogP) is 3.91. The van der Waals surface area contributed by atoms with Gasteiger partial charge in [-0.3, -0.25) is 14.6 Å². The quantitative estimate of drug-likeness (QED) is 0.300. The van der Waals surface area contributed by atoms with Crippen molar-refractivity contribution in [1.29, 1.82) is 0 Å². The number of hydrogen-bond donors (Lipinski definition) is 0. The molecule has 2 saturated carbocycles. The lowest BCUT2D eigenvalue weighted by Gasteiger charge is -2.46. The molecule has 3 fully saturated rings. The lowest BCUT2D eigenvalue weighted by Crippen LogP contribution is -2.69. The summed E-state index contributed by atoms with van der Waals surface area (Å²) >= 11 is 0. The first-order chi connectivity index (χ1) is 22.5. The van der Waals surface area contributed by atoms with E-state index >= 15 is 0 Å². The first kappa shape index (κ1) is 31.1. The summed E-state index contributed by atoms with van der Waals surface area (Å²) in [6.07, 6.45) is 3.45. The third-order valence-electron chi connectivity index (χ3n) is 8.80. The molecule has 1 atom stereocenters. The largest absolute Gasteiger partial charge is 0.497 e. The Morgan fingerprint density at radius 1 is 0.787 bits per heavy atom. The van der Waals surface area contributed by atoms with Gasteiger partial charge in [0.05, 0.1) is 16.9 Å². The normalized spacial score (nSPS) is 21.3. The molecule has 4 aliphatic rings. The molecule has 1 saturated heterocycles. The maximum atomic E-state index is 14.3. The summed E-state index contributed by atoms with van der Waals surface area (Å²) in [7, 11) is -8.19. The molecule has 3 aromatic rings. The van der Waals surface area contributed by atoms with Gasteiger partial charge in [-0.2, -0.15) is 16.8 Å². The number of hydrogen-bond acceptors (Lipinski definition) is 9. The van der Waals surface area contributed by atoms with Gasteiger partial charge in [0.1, 0.15) is 5.75 Å². The van der Waals surface area contributed by atoms with Crippen LogP contribution in [-0.2, 0) is 31.3 Å². The van der Waals surface area contributed by atoms with Crippen LogP contribution in [0, 0.1) is 11.8 Å². The number of fused-ring (bicyclic) bond motifs is 1. The average molecular weight is 676 g/mol. The SMILES string of the molecule is COc1ccc(CC23N=C(N(S(=O)(=O)c4ccccc4)S(=O)(=O)c4ccccc4)N=C2C(=O)N(CC2CC2)C(=O)N3CC2CC2)cc1. The van der Waals surface area contributed by atoms with Crippen molar-refractivity contribution < 1.29 is 31.2 Å². The highest BCUT2D eigenvalue weighted by molar-refractivity contribution is 8.05.